The van der Waals surface area contributed by atoms with Gasteiger partial charge in [0.15, 0.2) is 0 Å². The molecule has 1 atom stereocenters. The maximum absolute atomic E-state index is 12.6. The van der Waals surface area contributed by atoms with Crippen LogP contribution in [0, 0.1) is 0 Å². The van der Waals surface area contributed by atoms with Crippen LogP contribution in [-0.2, 0) is 6.18 Å². The van der Waals surface area contributed by atoms with Crippen LogP contribution in [0.3, 0.4) is 0 Å². The number of hydrogen-bond acceptors (Lipinski definition) is 3. The first kappa shape index (κ1) is 18.3. The molecule has 6 heteroatoms. The van der Waals surface area contributed by atoms with E-state index in [1.165, 1.54) is 18.6 Å². The van der Waals surface area contributed by atoms with Gasteiger partial charge in [-0.15, -0.1) is 0 Å². The van der Waals surface area contributed by atoms with E-state index >= 15 is 0 Å². The van der Waals surface area contributed by atoms with E-state index in [2.05, 4.69) is 11.6 Å². The predicted molar refractivity (Wildman–Crippen MR) is 81.5 cm³/mol. The van der Waals surface area contributed by atoms with Crippen LogP contribution in [0.5, 0.6) is 0 Å². The van der Waals surface area contributed by atoms with Gasteiger partial charge in [-0.25, -0.2) is 0 Å². The number of nitrogens with one attached hydrogen (secondary N) is 1. The van der Waals surface area contributed by atoms with Crippen LogP contribution in [0.1, 0.15) is 36.5 Å². The summed E-state index contributed by atoms with van der Waals surface area (Å²) in [7, 11) is 0. The van der Waals surface area contributed by atoms with Crippen molar-refractivity contribution in [2.75, 3.05) is 25.1 Å². The Morgan fingerprint density at radius 1 is 1.24 bits per heavy atom. The SMILES string of the molecule is CSCCCCCNCC(O)c1cccc(C(F)(F)F)c1. The maximum atomic E-state index is 12.6. The summed E-state index contributed by atoms with van der Waals surface area (Å²) in [6, 6.07) is 4.85. The van der Waals surface area contributed by atoms with E-state index in [0.29, 0.717) is 5.56 Å². The molecule has 1 aromatic rings. The lowest BCUT2D eigenvalue weighted by atomic mass is 10.1. The number of benzene rings is 1. The molecule has 0 amide bonds. The molecule has 0 fully saturated rings. The quantitative estimate of drug-likeness (QED) is 0.677. The summed E-state index contributed by atoms with van der Waals surface area (Å²) in [6.07, 6.45) is 0.0745. The molecule has 2 N–H and O–H groups in total. The van der Waals surface area contributed by atoms with Gasteiger partial charge in [-0.05, 0) is 49.1 Å². The van der Waals surface area contributed by atoms with Gasteiger partial charge in [0.2, 0.25) is 0 Å². The first-order valence-electron chi connectivity index (χ1n) is 7.00. The summed E-state index contributed by atoms with van der Waals surface area (Å²) in [4.78, 5) is 0. The third-order valence-electron chi connectivity index (χ3n) is 3.14. The van der Waals surface area contributed by atoms with E-state index in [-0.39, 0.29) is 6.54 Å². The predicted octanol–water partition coefficient (Wildman–Crippen LogP) is 3.86. The van der Waals surface area contributed by atoms with E-state index in [4.69, 9.17) is 0 Å². The van der Waals surface area contributed by atoms with Crippen molar-refractivity contribution in [3.05, 3.63) is 35.4 Å². The molecule has 1 rings (SSSR count). The van der Waals surface area contributed by atoms with E-state index in [1.54, 1.807) is 0 Å². The molecule has 1 aromatic carbocycles. The summed E-state index contributed by atoms with van der Waals surface area (Å²) >= 11 is 1.82. The Morgan fingerprint density at radius 2 is 2.00 bits per heavy atom. The Kier molecular flexibility index (Phi) is 8.14. The van der Waals surface area contributed by atoms with Crippen LogP contribution in [0.25, 0.3) is 0 Å². The van der Waals surface area contributed by atoms with Crippen LogP contribution in [-0.4, -0.2) is 30.2 Å². The van der Waals surface area contributed by atoms with E-state index in [0.717, 1.165) is 37.3 Å². The molecule has 0 aliphatic rings. The lowest BCUT2D eigenvalue weighted by molar-refractivity contribution is -0.137. The average molecular weight is 321 g/mol. The van der Waals surface area contributed by atoms with Crippen molar-refractivity contribution in [2.24, 2.45) is 0 Å². The van der Waals surface area contributed by atoms with Crippen LogP contribution in [0.4, 0.5) is 13.2 Å². The summed E-state index contributed by atoms with van der Waals surface area (Å²) in [5, 5.41) is 13.0. The molecular weight excluding hydrogens is 299 g/mol. The van der Waals surface area contributed by atoms with Gasteiger partial charge in [0, 0.05) is 6.54 Å². The van der Waals surface area contributed by atoms with Gasteiger partial charge in [-0.2, -0.15) is 24.9 Å². The minimum absolute atomic E-state index is 0.268. The number of halogens is 3. The van der Waals surface area contributed by atoms with Gasteiger partial charge in [-0.3, -0.25) is 0 Å². The molecule has 1 unspecified atom stereocenters. The van der Waals surface area contributed by atoms with Crippen molar-refractivity contribution in [2.45, 2.75) is 31.5 Å². The Hall–Kier alpha value is -0.720. The summed E-state index contributed by atoms with van der Waals surface area (Å²) in [5.41, 5.74) is -0.434. The fourth-order valence-corrected chi connectivity index (χ4v) is 2.44. The molecule has 0 saturated carbocycles. The standard InChI is InChI=1S/C15H22F3NOS/c1-21-9-4-2-3-8-19-11-14(20)12-6-5-7-13(10-12)15(16,17)18/h5-7,10,14,19-20H,2-4,8-9,11H2,1H3. The third kappa shape index (κ3) is 7.20. The second-order valence-electron chi connectivity index (χ2n) is 4.90. The van der Waals surface area contributed by atoms with Crippen molar-refractivity contribution in [3.63, 3.8) is 0 Å². The smallest absolute Gasteiger partial charge is 0.387 e. The first-order chi connectivity index (χ1) is 9.95. The van der Waals surface area contributed by atoms with Gasteiger partial charge in [0.25, 0.3) is 0 Å². The number of rotatable bonds is 9. The van der Waals surface area contributed by atoms with Crippen molar-refractivity contribution < 1.29 is 18.3 Å². The summed E-state index contributed by atoms with van der Waals surface area (Å²) in [6.45, 7) is 1.04. The van der Waals surface area contributed by atoms with Crippen LogP contribution in [0.2, 0.25) is 0 Å². The zero-order valence-electron chi connectivity index (χ0n) is 12.1. The Morgan fingerprint density at radius 3 is 2.67 bits per heavy atom. The molecule has 0 aromatic heterocycles. The van der Waals surface area contributed by atoms with E-state index in [9.17, 15) is 18.3 Å². The zero-order valence-corrected chi connectivity index (χ0v) is 12.9. The highest BCUT2D eigenvalue weighted by atomic mass is 32.2. The molecule has 0 bridgehead atoms. The zero-order chi connectivity index (χ0) is 15.7. The third-order valence-corrected chi connectivity index (χ3v) is 3.84. The molecule has 0 spiro atoms. The second-order valence-corrected chi connectivity index (χ2v) is 5.88. The second kappa shape index (κ2) is 9.33. The largest absolute Gasteiger partial charge is 0.416 e. The first-order valence-corrected chi connectivity index (χ1v) is 8.39. The molecule has 0 heterocycles. The highest BCUT2D eigenvalue weighted by Crippen LogP contribution is 2.30. The van der Waals surface area contributed by atoms with E-state index < -0.39 is 17.8 Å². The van der Waals surface area contributed by atoms with Crippen molar-refractivity contribution in [1.82, 2.24) is 5.32 Å². The van der Waals surface area contributed by atoms with Crippen molar-refractivity contribution in [3.8, 4) is 0 Å². The molecule has 21 heavy (non-hydrogen) atoms. The van der Waals surface area contributed by atoms with Gasteiger partial charge in [0.1, 0.15) is 0 Å². The highest BCUT2D eigenvalue weighted by Gasteiger charge is 2.30. The molecule has 0 aliphatic carbocycles. The fourth-order valence-electron chi connectivity index (χ4n) is 1.95. The number of unbranched alkanes of at least 4 members (excludes halogenated alkanes) is 2. The molecule has 2 nitrogen and oxygen atoms in total. The number of aliphatic hydroxyl groups is 1. The van der Waals surface area contributed by atoms with Crippen molar-refractivity contribution >= 4 is 11.8 Å². The Bertz CT molecular complexity index is 412. The molecule has 0 saturated heterocycles. The van der Waals surface area contributed by atoms with E-state index in [1.807, 2.05) is 11.8 Å². The van der Waals surface area contributed by atoms with Gasteiger partial charge < -0.3 is 10.4 Å². The minimum Gasteiger partial charge on any atom is -0.387 e. The van der Waals surface area contributed by atoms with Crippen molar-refractivity contribution in [1.29, 1.82) is 0 Å². The fraction of sp³-hybridized carbons (Fsp3) is 0.600. The van der Waals surface area contributed by atoms with Gasteiger partial charge in [0.05, 0.1) is 11.7 Å². The van der Waals surface area contributed by atoms with Crippen LogP contribution >= 0.6 is 11.8 Å². The normalized spacial score (nSPS) is 13.4. The lowest BCUT2D eigenvalue weighted by Gasteiger charge is -2.14. The molecule has 0 radical (unpaired) electrons. The summed E-state index contributed by atoms with van der Waals surface area (Å²) in [5.74, 6) is 1.15. The topological polar surface area (TPSA) is 32.3 Å². The highest BCUT2D eigenvalue weighted by molar-refractivity contribution is 7.98. The number of alkyl halides is 3. The van der Waals surface area contributed by atoms with Gasteiger partial charge in [-0.1, -0.05) is 18.6 Å². The molecule has 120 valence electrons. The Balaban J connectivity index is 2.34. The number of thioether (sulfide) groups is 1. The lowest BCUT2D eigenvalue weighted by Crippen LogP contribution is -2.22. The van der Waals surface area contributed by atoms with Gasteiger partial charge >= 0.3 is 6.18 Å². The Labute approximate surface area is 128 Å². The molecular formula is C15H22F3NOS. The minimum atomic E-state index is -4.37. The maximum Gasteiger partial charge on any atom is 0.416 e. The average Bonchev–Trinajstić information content (AvgIpc) is 2.45. The van der Waals surface area contributed by atoms with Crippen LogP contribution < -0.4 is 5.32 Å². The monoisotopic (exact) mass is 321 g/mol. The van der Waals surface area contributed by atoms with Crippen LogP contribution in [0.15, 0.2) is 24.3 Å². The number of aliphatic hydroxyl groups excluding tert-OH is 1. The number of hydrogen-bond donors (Lipinski definition) is 2. The summed E-state index contributed by atoms with van der Waals surface area (Å²) < 4.78 is 37.8. The molecule has 0 aliphatic heterocycles.